The van der Waals surface area contributed by atoms with E-state index in [1.165, 1.54) is 42.6 Å². The van der Waals surface area contributed by atoms with Crippen LogP contribution < -0.4 is 10.0 Å². The second-order valence-corrected chi connectivity index (χ2v) is 9.95. The van der Waals surface area contributed by atoms with Crippen LogP contribution in [0.2, 0.25) is 0 Å². The number of esters is 1. The van der Waals surface area contributed by atoms with Gasteiger partial charge in [-0.2, -0.15) is 0 Å². The minimum Gasteiger partial charge on any atom is -0.456 e. The molecule has 0 aliphatic heterocycles. The Bertz CT molecular complexity index is 1180. The summed E-state index contributed by atoms with van der Waals surface area (Å²) in [6.07, 6.45) is 0.380. The van der Waals surface area contributed by atoms with Crippen molar-refractivity contribution in [2.75, 3.05) is 13.7 Å². The highest BCUT2D eigenvalue weighted by Gasteiger charge is 2.19. The molecule has 174 valence electrons. The molecule has 0 radical (unpaired) electrons. The van der Waals surface area contributed by atoms with Gasteiger partial charge in [-0.05, 0) is 60.3 Å². The van der Waals surface area contributed by atoms with Gasteiger partial charge in [-0.25, -0.2) is 17.5 Å². The summed E-state index contributed by atoms with van der Waals surface area (Å²) in [6, 6.07) is 15.2. The monoisotopic (exact) mass is 490 g/mol. The molecule has 0 fully saturated rings. The maximum absolute atomic E-state index is 13.3. The predicted octanol–water partition coefficient (Wildman–Crippen LogP) is 3.18. The largest absolute Gasteiger partial charge is 0.456 e. The maximum atomic E-state index is 13.3. The fourth-order valence-electron chi connectivity index (χ4n) is 3.05. The van der Waals surface area contributed by atoms with Crippen LogP contribution >= 0.6 is 11.3 Å². The Hall–Kier alpha value is -3.08. The number of ether oxygens (including phenoxy) is 1. The van der Waals surface area contributed by atoms with Gasteiger partial charge in [-0.3, -0.25) is 9.59 Å². The van der Waals surface area contributed by atoms with Crippen molar-refractivity contribution in [3.05, 3.63) is 87.9 Å². The third-order valence-electron chi connectivity index (χ3n) is 4.82. The highest BCUT2D eigenvalue weighted by Crippen LogP contribution is 2.26. The standard InChI is InChI=1S/C23H23FN2O5S2/c1-25-33(29,30)19-11-4-16(5-12-19)6-13-22(28)31-15-21(27)26-23(20-3-2-14-32-20)17-7-9-18(24)10-8-17/h2-5,7-12,14,23,25H,6,13,15H2,1H3,(H,26,27). The number of aryl methyl sites for hydroxylation is 1. The molecule has 10 heteroatoms. The van der Waals surface area contributed by atoms with Crippen molar-refractivity contribution in [3.63, 3.8) is 0 Å². The molecule has 0 spiro atoms. The van der Waals surface area contributed by atoms with E-state index in [-0.39, 0.29) is 17.1 Å². The first-order chi connectivity index (χ1) is 15.8. The number of hydrogen-bond acceptors (Lipinski definition) is 6. The smallest absolute Gasteiger partial charge is 0.306 e. The van der Waals surface area contributed by atoms with Crippen molar-refractivity contribution in [3.8, 4) is 0 Å². The van der Waals surface area contributed by atoms with E-state index in [9.17, 15) is 22.4 Å². The van der Waals surface area contributed by atoms with Crippen LogP contribution in [-0.2, 0) is 30.8 Å². The molecule has 2 aromatic carbocycles. The van der Waals surface area contributed by atoms with Gasteiger partial charge >= 0.3 is 5.97 Å². The number of benzene rings is 2. The zero-order valence-corrected chi connectivity index (χ0v) is 19.4. The molecule has 0 bridgehead atoms. The normalized spacial score (nSPS) is 12.2. The molecular formula is C23H23FN2O5S2. The van der Waals surface area contributed by atoms with E-state index in [2.05, 4.69) is 10.0 Å². The number of sulfonamides is 1. The third kappa shape index (κ3) is 6.95. The summed E-state index contributed by atoms with van der Waals surface area (Å²) in [5.74, 6) is -1.40. The van der Waals surface area contributed by atoms with Crippen LogP contribution in [0.25, 0.3) is 0 Å². The highest BCUT2D eigenvalue weighted by molar-refractivity contribution is 7.89. The fourth-order valence-corrected chi connectivity index (χ4v) is 4.58. The summed E-state index contributed by atoms with van der Waals surface area (Å²) in [7, 11) is -2.19. The van der Waals surface area contributed by atoms with Gasteiger partial charge in [0.25, 0.3) is 5.91 Å². The Balaban J connectivity index is 1.51. The quantitative estimate of drug-likeness (QED) is 0.425. The number of hydrogen-bond donors (Lipinski definition) is 2. The first-order valence-electron chi connectivity index (χ1n) is 10.0. The van der Waals surface area contributed by atoms with Gasteiger partial charge in [0.1, 0.15) is 5.82 Å². The second kappa shape index (κ2) is 11.2. The first-order valence-corrected chi connectivity index (χ1v) is 12.4. The molecule has 3 rings (SSSR count). The Morgan fingerprint density at radius 2 is 1.76 bits per heavy atom. The molecule has 1 heterocycles. The number of rotatable bonds is 10. The predicted molar refractivity (Wildman–Crippen MR) is 123 cm³/mol. The molecule has 0 aliphatic rings. The number of nitrogens with one attached hydrogen (secondary N) is 2. The average Bonchev–Trinajstić information content (AvgIpc) is 3.35. The number of amides is 1. The van der Waals surface area contributed by atoms with Crippen LogP contribution in [0.15, 0.2) is 70.9 Å². The van der Waals surface area contributed by atoms with E-state index >= 15 is 0 Å². The minimum atomic E-state index is -3.52. The molecule has 3 aromatic rings. The fraction of sp³-hybridized carbons (Fsp3) is 0.217. The van der Waals surface area contributed by atoms with Crippen LogP contribution in [0, 0.1) is 5.82 Å². The number of carbonyl (C=O) groups excluding carboxylic acids is 2. The summed E-state index contributed by atoms with van der Waals surface area (Å²) in [6.45, 7) is -0.443. The van der Waals surface area contributed by atoms with Gasteiger partial charge in [0.15, 0.2) is 6.61 Å². The summed E-state index contributed by atoms with van der Waals surface area (Å²) < 4.78 is 44.1. The van der Waals surface area contributed by atoms with E-state index in [0.717, 1.165) is 10.4 Å². The van der Waals surface area contributed by atoms with Crippen LogP contribution in [-0.4, -0.2) is 33.9 Å². The van der Waals surface area contributed by atoms with Crippen LogP contribution in [0.3, 0.4) is 0 Å². The summed E-state index contributed by atoms with van der Waals surface area (Å²) in [5, 5.41) is 4.69. The molecule has 1 atom stereocenters. The number of carbonyl (C=O) groups is 2. The topological polar surface area (TPSA) is 102 Å². The lowest BCUT2D eigenvalue weighted by Gasteiger charge is -2.18. The molecule has 33 heavy (non-hydrogen) atoms. The van der Waals surface area contributed by atoms with Gasteiger partial charge in [0.2, 0.25) is 10.0 Å². The Labute approximate surface area is 195 Å². The summed E-state index contributed by atoms with van der Waals surface area (Å²) in [4.78, 5) is 25.5. The summed E-state index contributed by atoms with van der Waals surface area (Å²) >= 11 is 1.45. The third-order valence-corrected chi connectivity index (χ3v) is 7.19. The molecule has 0 aliphatic carbocycles. The molecule has 0 saturated heterocycles. The second-order valence-electron chi connectivity index (χ2n) is 7.08. The van der Waals surface area contributed by atoms with Gasteiger partial charge in [-0.15, -0.1) is 11.3 Å². The lowest BCUT2D eigenvalue weighted by Crippen LogP contribution is -2.32. The summed E-state index contributed by atoms with van der Waals surface area (Å²) in [5.41, 5.74) is 1.47. The van der Waals surface area contributed by atoms with Crippen molar-refractivity contribution >= 4 is 33.2 Å². The van der Waals surface area contributed by atoms with E-state index < -0.39 is 34.5 Å². The molecular weight excluding hydrogens is 467 g/mol. The van der Waals surface area contributed by atoms with Crippen LogP contribution in [0.1, 0.15) is 28.5 Å². The van der Waals surface area contributed by atoms with Crippen LogP contribution in [0.5, 0.6) is 0 Å². The van der Waals surface area contributed by atoms with Crippen molar-refractivity contribution in [1.29, 1.82) is 0 Å². The molecule has 7 nitrogen and oxygen atoms in total. The van der Waals surface area contributed by atoms with Gasteiger partial charge in [0.05, 0.1) is 10.9 Å². The first kappa shape index (κ1) is 24.6. The Kier molecular flexibility index (Phi) is 8.32. The van der Waals surface area contributed by atoms with E-state index in [1.807, 2.05) is 17.5 Å². The van der Waals surface area contributed by atoms with Crippen LogP contribution in [0.4, 0.5) is 4.39 Å². The SMILES string of the molecule is CNS(=O)(=O)c1ccc(CCC(=O)OCC(=O)NC(c2ccc(F)cc2)c2cccs2)cc1. The average molecular weight is 491 g/mol. The molecule has 1 unspecified atom stereocenters. The van der Waals surface area contributed by atoms with Gasteiger partial charge in [0, 0.05) is 11.3 Å². The number of thiophene rings is 1. The zero-order chi connectivity index (χ0) is 23.8. The molecule has 1 aromatic heterocycles. The van der Waals surface area contributed by atoms with Crippen molar-refractivity contribution in [2.24, 2.45) is 0 Å². The Morgan fingerprint density at radius 1 is 1.06 bits per heavy atom. The zero-order valence-electron chi connectivity index (χ0n) is 17.8. The van der Waals surface area contributed by atoms with Gasteiger partial charge in [-0.1, -0.05) is 30.3 Å². The van der Waals surface area contributed by atoms with E-state index in [1.54, 1.807) is 24.3 Å². The Morgan fingerprint density at radius 3 is 2.36 bits per heavy atom. The van der Waals surface area contributed by atoms with Gasteiger partial charge < -0.3 is 10.1 Å². The van der Waals surface area contributed by atoms with E-state index in [4.69, 9.17) is 4.74 Å². The molecule has 0 saturated carbocycles. The van der Waals surface area contributed by atoms with Crippen molar-refractivity contribution in [1.82, 2.24) is 10.0 Å². The molecule has 1 amide bonds. The van der Waals surface area contributed by atoms with Crippen molar-refractivity contribution in [2.45, 2.75) is 23.8 Å². The lowest BCUT2D eigenvalue weighted by molar-refractivity contribution is -0.148. The highest BCUT2D eigenvalue weighted by atomic mass is 32.2. The number of halogens is 1. The van der Waals surface area contributed by atoms with Crippen molar-refractivity contribution < 1.29 is 27.1 Å². The van der Waals surface area contributed by atoms with E-state index in [0.29, 0.717) is 12.0 Å². The molecule has 2 N–H and O–H groups in total. The maximum Gasteiger partial charge on any atom is 0.306 e. The minimum absolute atomic E-state index is 0.0394. The lowest BCUT2D eigenvalue weighted by atomic mass is 10.1.